The van der Waals surface area contributed by atoms with Crippen LogP contribution in [0.1, 0.15) is 16.5 Å². The summed E-state index contributed by atoms with van der Waals surface area (Å²) < 4.78 is 10.5. The zero-order valence-electron chi connectivity index (χ0n) is 11.4. The van der Waals surface area contributed by atoms with Crippen LogP contribution in [0.3, 0.4) is 0 Å². The van der Waals surface area contributed by atoms with Crippen LogP contribution in [0.2, 0.25) is 5.02 Å². The molecule has 0 amide bonds. The molecule has 0 aliphatic heterocycles. The van der Waals surface area contributed by atoms with Gasteiger partial charge in [-0.25, -0.2) is 0 Å². The molecule has 1 aromatic carbocycles. The molecule has 2 aromatic rings. The highest BCUT2D eigenvalue weighted by molar-refractivity contribution is 7.10. The van der Waals surface area contributed by atoms with E-state index in [1.165, 1.54) is 0 Å². The number of benzene rings is 1. The lowest BCUT2D eigenvalue weighted by Crippen LogP contribution is -2.29. The van der Waals surface area contributed by atoms with Crippen molar-refractivity contribution in [2.75, 3.05) is 14.2 Å². The van der Waals surface area contributed by atoms with Crippen molar-refractivity contribution in [3.05, 3.63) is 45.1 Å². The van der Waals surface area contributed by atoms with Crippen molar-refractivity contribution >= 4 is 22.9 Å². The number of hydrogen-bond acceptors (Lipinski definition) is 5. The van der Waals surface area contributed by atoms with Gasteiger partial charge in [0.05, 0.1) is 25.3 Å². The van der Waals surface area contributed by atoms with Crippen LogP contribution in [0.15, 0.2) is 29.6 Å². The Balaban J connectivity index is 2.22. The summed E-state index contributed by atoms with van der Waals surface area (Å²) in [5, 5.41) is 2.69. The molecular weight excluding hydrogens is 296 g/mol. The summed E-state index contributed by atoms with van der Waals surface area (Å²) in [6.07, 6.45) is 0.719. The van der Waals surface area contributed by atoms with Crippen molar-refractivity contribution in [2.45, 2.75) is 12.5 Å². The summed E-state index contributed by atoms with van der Waals surface area (Å²) in [6, 6.07) is 7.68. The molecule has 0 saturated carbocycles. The van der Waals surface area contributed by atoms with Crippen molar-refractivity contribution in [1.29, 1.82) is 0 Å². The Morgan fingerprint density at radius 3 is 2.55 bits per heavy atom. The van der Waals surface area contributed by atoms with Crippen LogP contribution in [0.5, 0.6) is 11.5 Å². The average molecular weight is 313 g/mol. The number of thiophene rings is 1. The number of nitrogens with two attached hydrogens (primary N) is 1. The molecule has 20 heavy (non-hydrogen) atoms. The molecule has 3 N–H and O–H groups in total. The van der Waals surface area contributed by atoms with Gasteiger partial charge in [0.2, 0.25) is 0 Å². The lowest BCUT2D eigenvalue weighted by Gasteiger charge is -2.16. The standard InChI is InChI=1S/C14H17ClN2O2S/c1-18-12-4-3-9(8-13(12)19-2)7-11(17-16)14-10(15)5-6-20-14/h3-6,8,11,17H,7,16H2,1-2H3. The molecule has 0 aliphatic rings. The second-order valence-corrected chi connectivity index (χ2v) is 5.60. The third-order valence-corrected chi connectivity index (χ3v) is 4.52. The van der Waals surface area contributed by atoms with E-state index in [0.717, 1.165) is 21.9 Å². The normalized spacial score (nSPS) is 12.2. The summed E-state index contributed by atoms with van der Waals surface area (Å²) in [6.45, 7) is 0. The number of ether oxygens (including phenoxy) is 2. The van der Waals surface area contributed by atoms with Crippen LogP contribution >= 0.6 is 22.9 Å². The number of rotatable bonds is 6. The van der Waals surface area contributed by atoms with Gasteiger partial charge in [-0.3, -0.25) is 11.3 Å². The van der Waals surface area contributed by atoms with Gasteiger partial charge in [-0.2, -0.15) is 0 Å². The van der Waals surface area contributed by atoms with Crippen molar-refractivity contribution in [3.63, 3.8) is 0 Å². The molecule has 1 aromatic heterocycles. The molecule has 6 heteroatoms. The summed E-state index contributed by atoms with van der Waals surface area (Å²) in [7, 11) is 3.24. The Kier molecular flexibility index (Phi) is 5.25. The number of nitrogens with one attached hydrogen (secondary N) is 1. The van der Waals surface area contributed by atoms with Gasteiger partial charge in [0.15, 0.2) is 11.5 Å². The third kappa shape index (κ3) is 3.24. The van der Waals surface area contributed by atoms with E-state index in [2.05, 4.69) is 5.43 Å². The predicted octanol–water partition coefficient (Wildman–Crippen LogP) is 3.17. The molecule has 0 spiro atoms. The third-order valence-electron chi connectivity index (χ3n) is 3.05. The first kappa shape index (κ1) is 15.1. The van der Waals surface area contributed by atoms with Crippen molar-refractivity contribution in [3.8, 4) is 11.5 Å². The van der Waals surface area contributed by atoms with Gasteiger partial charge in [-0.05, 0) is 35.6 Å². The van der Waals surface area contributed by atoms with Crippen LogP contribution < -0.4 is 20.7 Å². The number of hydrazine groups is 1. The van der Waals surface area contributed by atoms with E-state index in [-0.39, 0.29) is 6.04 Å². The minimum Gasteiger partial charge on any atom is -0.493 e. The number of halogens is 1. The van der Waals surface area contributed by atoms with Gasteiger partial charge in [0.25, 0.3) is 0 Å². The molecular formula is C14H17ClN2O2S. The first-order valence-electron chi connectivity index (χ1n) is 6.09. The maximum atomic E-state index is 6.16. The summed E-state index contributed by atoms with van der Waals surface area (Å²) in [5.74, 6) is 7.07. The molecule has 0 fully saturated rings. The molecule has 2 rings (SSSR count). The van der Waals surface area contributed by atoms with Gasteiger partial charge in [0, 0.05) is 4.88 Å². The van der Waals surface area contributed by atoms with Gasteiger partial charge >= 0.3 is 0 Å². The lowest BCUT2D eigenvalue weighted by molar-refractivity contribution is 0.354. The highest BCUT2D eigenvalue weighted by Crippen LogP contribution is 2.33. The Hall–Kier alpha value is -1.27. The molecule has 0 saturated heterocycles. The number of methoxy groups -OCH3 is 2. The van der Waals surface area contributed by atoms with Crippen molar-refractivity contribution in [2.24, 2.45) is 5.84 Å². The fourth-order valence-electron chi connectivity index (χ4n) is 2.02. The van der Waals surface area contributed by atoms with Crippen molar-refractivity contribution < 1.29 is 9.47 Å². The first-order chi connectivity index (χ1) is 9.69. The zero-order chi connectivity index (χ0) is 14.5. The SMILES string of the molecule is COc1ccc(CC(NN)c2sccc2Cl)cc1OC. The predicted molar refractivity (Wildman–Crippen MR) is 82.6 cm³/mol. The highest BCUT2D eigenvalue weighted by Gasteiger charge is 2.16. The van der Waals surface area contributed by atoms with E-state index in [1.54, 1.807) is 25.6 Å². The minimum atomic E-state index is -0.0272. The zero-order valence-corrected chi connectivity index (χ0v) is 12.9. The van der Waals surface area contributed by atoms with Gasteiger partial charge in [-0.1, -0.05) is 17.7 Å². The molecule has 108 valence electrons. The quantitative estimate of drug-likeness (QED) is 0.635. The van der Waals surface area contributed by atoms with Crippen molar-refractivity contribution in [1.82, 2.24) is 5.43 Å². The highest BCUT2D eigenvalue weighted by atomic mass is 35.5. The van der Waals surface area contributed by atoms with E-state index >= 15 is 0 Å². The molecule has 1 atom stereocenters. The molecule has 4 nitrogen and oxygen atoms in total. The molecule has 1 heterocycles. The van der Waals surface area contributed by atoms with Crippen LogP contribution in [0, 0.1) is 0 Å². The van der Waals surface area contributed by atoms with Gasteiger partial charge in [0.1, 0.15) is 0 Å². The second-order valence-electron chi connectivity index (χ2n) is 4.25. The Morgan fingerprint density at radius 2 is 2.00 bits per heavy atom. The van der Waals surface area contributed by atoms with Gasteiger partial charge in [-0.15, -0.1) is 11.3 Å². The fourth-order valence-corrected chi connectivity index (χ4v) is 3.27. The van der Waals surface area contributed by atoms with E-state index in [0.29, 0.717) is 11.5 Å². The molecule has 1 unspecified atom stereocenters. The Bertz CT molecular complexity index is 574. The Labute approximate surface area is 127 Å². The number of hydrogen-bond donors (Lipinski definition) is 2. The largest absolute Gasteiger partial charge is 0.493 e. The van der Waals surface area contributed by atoms with E-state index < -0.39 is 0 Å². The Morgan fingerprint density at radius 1 is 1.25 bits per heavy atom. The molecule has 0 radical (unpaired) electrons. The minimum absolute atomic E-state index is 0.0272. The summed E-state index contributed by atoms with van der Waals surface area (Å²) in [4.78, 5) is 1.03. The maximum absolute atomic E-state index is 6.16. The topological polar surface area (TPSA) is 56.5 Å². The van der Waals surface area contributed by atoms with Crippen LogP contribution in [-0.4, -0.2) is 14.2 Å². The first-order valence-corrected chi connectivity index (χ1v) is 7.35. The summed E-state index contributed by atoms with van der Waals surface area (Å²) in [5.41, 5.74) is 3.91. The maximum Gasteiger partial charge on any atom is 0.160 e. The molecule has 0 bridgehead atoms. The molecule has 0 aliphatic carbocycles. The van der Waals surface area contributed by atoms with Crippen LogP contribution in [0.4, 0.5) is 0 Å². The smallest absolute Gasteiger partial charge is 0.160 e. The van der Waals surface area contributed by atoms with Crippen LogP contribution in [0.25, 0.3) is 0 Å². The van der Waals surface area contributed by atoms with Gasteiger partial charge < -0.3 is 9.47 Å². The van der Waals surface area contributed by atoms with Crippen LogP contribution in [-0.2, 0) is 6.42 Å². The summed E-state index contributed by atoms with van der Waals surface area (Å²) >= 11 is 7.74. The fraction of sp³-hybridized carbons (Fsp3) is 0.286. The monoisotopic (exact) mass is 312 g/mol. The van der Waals surface area contributed by atoms with E-state index in [9.17, 15) is 0 Å². The van der Waals surface area contributed by atoms with E-state index in [4.69, 9.17) is 26.9 Å². The lowest BCUT2D eigenvalue weighted by atomic mass is 10.0. The van der Waals surface area contributed by atoms with E-state index in [1.807, 2.05) is 29.6 Å². The average Bonchev–Trinajstić information content (AvgIpc) is 2.90. The second kappa shape index (κ2) is 6.95.